The van der Waals surface area contributed by atoms with E-state index in [-0.39, 0.29) is 0 Å². The zero-order chi connectivity index (χ0) is 13.5. The van der Waals surface area contributed by atoms with Crippen LogP contribution in [0.1, 0.15) is 45.4 Å². The highest BCUT2D eigenvalue weighted by Crippen LogP contribution is 2.21. The van der Waals surface area contributed by atoms with Gasteiger partial charge in [-0.2, -0.15) is 0 Å². The summed E-state index contributed by atoms with van der Waals surface area (Å²) in [4.78, 5) is 5.37. The van der Waals surface area contributed by atoms with Crippen LogP contribution in [0.4, 0.5) is 0 Å². The van der Waals surface area contributed by atoms with Crippen molar-refractivity contribution in [2.75, 3.05) is 46.3 Å². The molecule has 3 nitrogen and oxygen atoms in total. The van der Waals surface area contributed by atoms with Gasteiger partial charge in [-0.3, -0.25) is 0 Å². The second-order valence-electron chi connectivity index (χ2n) is 6.53. The molecule has 2 aliphatic rings. The summed E-state index contributed by atoms with van der Waals surface area (Å²) in [6.45, 7) is 10.3. The van der Waals surface area contributed by atoms with Crippen molar-refractivity contribution in [3.8, 4) is 0 Å². The zero-order valence-corrected chi connectivity index (χ0v) is 13.0. The van der Waals surface area contributed by atoms with Gasteiger partial charge in [0.2, 0.25) is 0 Å². The summed E-state index contributed by atoms with van der Waals surface area (Å²) in [5.74, 6) is 0.966. The lowest BCUT2D eigenvalue weighted by Crippen LogP contribution is -2.44. The third kappa shape index (κ3) is 5.05. The molecule has 2 heterocycles. The van der Waals surface area contributed by atoms with Crippen molar-refractivity contribution < 1.29 is 0 Å². The van der Waals surface area contributed by atoms with Crippen molar-refractivity contribution in [2.24, 2.45) is 5.92 Å². The molecule has 0 saturated carbocycles. The lowest BCUT2D eigenvalue weighted by Gasteiger charge is -2.35. The number of hydrogen-bond acceptors (Lipinski definition) is 3. The van der Waals surface area contributed by atoms with Gasteiger partial charge in [0.15, 0.2) is 0 Å². The van der Waals surface area contributed by atoms with Crippen LogP contribution < -0.4 is 5.32 Å². The summed E-state index contributed by atoms with van der Waals surface area (Å²) in [5.41, 5.74) is 0. The molecular weight excluding hydrogens is 234 g/mol. The van der Waals surface area contributed by atoms with Crippen LogP contribution in [0.15, 0.2) is 0 Å². The normalized spacial score (nSPS) is 24.9. The first-order valence-electron chi connectivity index (χ1n) is 8.43. The standard InChI is InChI=1S/C16H33N3/c1-3-6-16(17-2)14-19-11-7-15(8-12-19)13-18-9-4-5-10-18/h15-17H,3-14H2,1-2H3. The average Bonchev–Trinajstić information content (AvgIpc) is 2.93. The molecule has 0 bridgehead atoms. The van der Waals surface area contributed by atoms with Crippen LogP contribution in [0.25, 0.3) is 0 Å². The summed E-state index contributed by atoms with van der Waals surface area (Å²) in [6, 6.07) is 0.695. The molecule has 1 atom stereocenters. The van der Waals surface area contributed by atoms with Gasteiger partial charge in [0.05, 0.1) is 0 Å². The van der Waals surface area contributed by atoms with Crippen molar-refractivity contribution in [2.45, 2.75) is 51.5 Å². The van der Waals surface area contributed by atoms with Crippen LogP contribution in [-0.4, -0.2) is 62.2 Å². The van der Waals surface area contributed by atoms with Gasteiger partial charge in [0.25, 0.3) is 0 Å². The second-order valence-corrected chi connectivity index (χ2v) is 6.53. The topological polar surface area (TPSA) is 18.5 Å². The second kappa shape index (κ2) is 8.23. The third-order valence-corrected chi connectivity index (χ3v) is 4.95. The number of nitrogens with one attached hydrogen (secondary N) is 1. The summed E-state index contributed by atoms with van der Waals surface area (Å²) >= 11 is 0. The van der Waals surface area contributed by atoms with Crippen molar-refractivity contribution in [3.05, 3.63) is 0 Å². The molecule has 2 aliphatic heterocycles. The van der Waals surface area contributed by atoms with Crippen molar-refractivity contribution in [3.63, 3.8) is 0 Å². The molecule has 3 heteroatoms. The fourth-order valence-corrected chi connectivity index (χ4v) is 3.67. The molecule has 2 fully saturated rings. The Labute approximate surface area is 119 Å². The first-order valence-corrected chi connectivity index (χ1v) is 8.43. The van der Waals surface area contributed by atoms with Gasteiger partial charge in [0.1, 0.15) is 0 Å². The highest BCUT2D eigenvalue weighted by Gasteiger charge is 2.23. The van der Waals surface area contributed by atoms with E-state index in [0.717, 1.165) is 5.92 Å². The van der Waals surface area contributed by atoms with Crippen molar-refractivity contribution in [1.29, 1.82) is 0 Å². The van der Waals surface area contributed by atoms with Gasteiger partial charge in [-0.15, -0.1) is 0 Å². The number of rotatable bonds is 7. The summed E-state index contributed by atoms with van der Waals surface area (Å²) < 4.78 is 0. The molecule has 0 aromatic heterocycles. The summed E-state index contributed by atoms with van der Waals surface area (Å²) in [5, 5.41) is 3.47. The molecule has 1 N–H and O–H groups in total. The fraction of sp³-hybridized carbons (Fsp3) is 1.00. The van der Waals surface area contributed by atoms with Crippen LogP contribution in [0.2, 0.25) is 0 Å². The van der Waals surface area contributed by atoms with Gasteiger partial charge < -0.3 is 15.1 Å². The van der Waals surface area contributed by atoms with Crippen molar-refractivity contribution >= 4 is 0 Å². The maximum Gasteiger partial charge on any atom is 0.0191 e. The van der Waals surface area contributed by atoms with Crippen LogP contribution >= 0.6 is 0 Å². The Balaban J connectivity index is 1.63. The molecule has 112 valence electrons. The molecule has 0 aliphatic carbocycles. The molecule has 0 amide bonds. The molecule has 2 rings (SSSR count). The minimum absolute atomic E-state index is 0.695. The Morgan fingerprint density at radius 3 is 2.32 bits per heavy atom. The van der Waals surface area contributed by atoms with E-state index in [1.165, 1.54) is 77.8 Å². The predicted molar refractivity (Wildman–Crippen MR) is 82.6 cm³/mol. The Morgan fingerprint density at radius 2 is 1.74 bits per heavy atom. The smallest absolute Gasteiger partial charge is 0.0191 e. The maximum absolute atomic E-state index is 3.47. The maximum atomic E-state index is 3.47. The Morgan fingerprint density at radius 1 is 1.05 bits per heavy atom. The summed E-state index contributed by atoms with van der Waals surface area (Å²) in [7, 11) is 2.11. The monoisotopic (exact) mass is 267 g/mol. The van der Waals surface area contributed by atoms with Gasteiger partial charge in [0, 0.05) is 19.1 Å². The molecule has 0 aromatic rings. The minimum Gasteiger partial charge on any atom is -0.316 e. The fourth-order valence-electron chi connectivity index (χ4n) is 3.67. The third-order valence-electron chi connectivity index (χ3n) is 4.95. The van der Waals surface area contributed by atoms with E-state index >= 15 is 0 Å². The van der Waals surface area contributed by atoms with E-state index in [4.69, 9.17) is 0 Å². The van der Waals surface area contributed by atoms with Crippen LogP contribution in [0, 0.1) is 5.92 Å². The van der Waals surface area contributed by atoms with Crippen LogP contribution in [0.5, 0.6) is 0 Å². The Hall–Kier alpha value is -0.120. The molecule has 19 heavy (non-hydrogen) atoms. The van der Waals surface area contributed by atoms with Crippen LogP contribution in [-0.2, 0) is 0 Å². The van der Waals surface area contributed by atoms with Gasteiger partial charge in [-0.05, 0) is 71.2 Å². The first-order chi connectivity index (χ1) is 9.31. The molecule has 0 spiro atoms. The van der Waals surface area contributed by atoms with E-state index in [0.29, 0.717) is 6.04 Å². The van der Waals surface area contributed by atoms with E-state index in [2.05, 4.69) is 29.1 Å². The quantitative estimate of drug-likeness (QED) is 0.763. The van der Waals surface area contributed by atoms with E-state index in [9.17, 15) is 0 Å². The number of nitrogens with zero attached hydrogens (tertiary/aromatic N) is 2. The average molecular weight is 267 g/mol. The summed E-state index contributed by atoms with van der Waals surface area (Å²) in [6.07, 6.45) is 8.29. The molecule has 1 unspecified atom stereocenters. The van der Waals surface area contributed by atoms with E-state index in [1.807, 2.05) is 0 Å². The molecular formula is C16H33N3. The molecule has 0 aromatic carbocycles. The van der Waals surface area contributed by atoms with Gasteiger partial charge in [-0.1, -0.05) is 13.3 Å². The highest BCUT2D eigenvalue weighted by atomic mass is 15.2. The Bertz CT molecular complexity index is 230. The number of likely N-dealkylation sites (N-methyl/N-ethyl adjacent to an activating group) is 1. The van der Waals surface area contributed by atoms with Crippen molar-refractivity contribution in [1.82, 2.24) is 15.1 Å². The number of hydrogen-bond donors (Lipinski definition) is 1. The number of likely N-dealkylation sites (tertiary alicyclic amines) is 2. The SMILES string of the molecule is CCCC(CN1CCC(CN2CCCC2)CC1)NC. The molecule has 2 saturated heterocycles. The molecule has 0 radical (unpaired) electrons. The lowest BCUT2D eigenvalue weighted by atomic mass is 9.95. The first kappa shape index (κ1) is 15.3. The van der Waals surface area contributed by atoms with Gasteiger partial charge in [-0.25, -0.2) is 0 Å². The largest absolute Gasteiger partial charge is 0.316 e. The Kier molecular flexibility index (Phi) is 6.62. The van der Waals surface area contributed by atoms with Gasteiger partial charge >= 0.3 is 0 Å². The zero-order valence-electron chi connectivity index (χ0n) is 13.0. The minimum atomic E-state index is 0.695. The van der Waals surface area contributed by atoms with E-state index in [1.54, 1.807) is 0 Å². The number of piperidine rings is 1. The van der Waals surface area contributed by atoms with Crippen LogP contribution in [0.3, 0.4) is 0 Å². The predicted octanol–water partition coefficient (Wildman–Crippen LogP) is 2.18. The highest BCUT2D eigenvalue weighted by molar-refractivity contribution is 4.79. The lowest BCUT2D eigenvalue weighted by molar-refractivity contribution is 0.143. The van der Waals surface area contributed by atoms with E-state index < -0.39 is 0 Å².